The highest BCUT2D eigenvalue weighted by Gasteiger charge is 2.28. The molecular weight excluding hydrogens is 394 g/mol. The van der Waals surface area contributed by atoms with Gasteiger partial charge in [-0.25, -0.2) is 4.79 Å². The molecule has 3 amide bonds. The van der Waals surface area contributed by atoms with Crippen LogP contribution in [0.25, 0.3) is 0 Å². The lowest BCUT2D eigenvalue weighted by molar-refractivity contribution is -0.129. The zero-order valence-electron chi connectivity index (χ0n) is 17.5. The molecule has 0 saturated heterocycles. The van der Waals surface area contributed by atoms with Crippen LogP contribution in [0.2, 0.25) is 0 Å². The summed E-state index contributed by atoms with van der Waals surface area (Å²) in [6.45, 7) is 0.517. The van der Waals surface area contributed by atoms with E-state index in [1.54, 1.807) is 0 Å². The summed E-state index contributed by atoms with van der Waals surface area (Å²) < 4.78 is 5.14. The number of carbonyl (C=O) groups excluding carboxylic acids is 3. The second-order valence-electron chi connectivity index (χ2n) is 7.68. The summed E-state index contributed by atoms with van der Waals surface area (Å²) in [5.74, 6) is -0.367. The van der Waals surface area contributed by atoms with Crippen LogP contribution in [0.1, 0.15) is 36.8 Å². The van der Waals surface area contributed by atoms with Crippen molar-refractivity contribution in [2.24, 2.45) is 0 Å². The number of carbonyl (C=O) groups is 3. The van der Waals surface area contributed by atoms with Gasteiger partial charge in [-0.05, 0) is 30.4 Å². The number of nitrogens with one attached hydrogen (secondary N) is 3. The molecule has 0 aliphatic heterocycles. The summed E-state index contributed by atoms with van der Waals surface area (Å²) in [7, 11) is 0. The fourth-order valence-corrected chi connectivity index (χ4v) is 3.07. The van der Waals surface area contributed by atoms with E-state index in [1.165, 1.54) is 0 Å². The minimum atomic E-state index is -0.612. The summed E-state index contributed by atoms with van der Waals surface area (Å²) in [4.78, 5) is 36.7. The lowest BCUT2D eigenvalue weighted by Gasteiger charge is -2.18. The van der Waals surface area contributed by atoms with E-state index in [0.29, 0.717) is 19.4 Å². The van der Waals surface area contributed by atoms with Gasteiger partial charge in [-0.1, -0.05) is 60.7 Å². The van der Waals surface area contributed by atoms with E-state index in [4.69, 9.17) is 4.74 Å². The fourth-order valence-electron chi connectivity index (χ4n) is 3.07. The van der Waals surface area contributed by atoms with Gasteiger partial charge in [0.25, 0.3) is 0 Å². The van der Waals surface area contributed by atoms with E-state index in [0.717, 1.165) is 24.0 Å². The van der Waals surface area contributed by atoms with Gasteiger partial charge in [-0.15, -0.1) is 0 Å². The molecule has 1 atom stereocenters. The predicted molar refractivity (Wildman–Crippen MR) is 117 cm³/mol. The molecule has 1 saturated carbocycles. The van der Waals surface area contributed by atoms with E-state index >= 15 is 0 Å². The second-order valence-corrected chi connectivity index (χ2v) is 7.68. The highest BCUT2D eigenvalue weighted by molar-refractivity contribution is 5.88. The molecule has 1 aliphatic carbocycles. The van der Waals surface area contributed by atoms with Crippen LogP contribution in [-0.2, 0) is 27.4 Å². The van der Waals surface area contributed by atoms with Crippen molar-refractivity contribution in [3.05, 3.63) is 71.8 Å². The second kappa shape index (κ2) is 11.7. The Morgan fingerprint density at radius 3 is 2.23 bits per heavy atom. The van der Waals surface area contributed by atoms with Gasteiger partial charge in [0.2, 0.25) is 11.8 Å². The maximum atomic E-state index is 12.5. The molecule has 0 aromatic heterocycles. The van der Waals surface area contributed by atoms with Gasteiger partial charge in [-0.2, -0.15) is 0 Å². The molecule has 31 heavy (non-hydrogen) atoms. The number of alkyl carbamates (subject to hydrolysis) is 1. The maximum absolute atomic E-state index is 12.5. The molecule has 1 fully saturated rings. The Bertz CT molecular complexity index is 854. The molecule has 3 rings (SSSR count). The van der Waals surface area contributed by atoms with Crippen LogP contribution in [0, 0.1) is 0 Å². The zero-order chi connectivity index (χ0) is 21.9. The summed E-state index contributed by atoms with van der Waals surface area (Å²) in [5, 5.41) is 8.44. The Morgan fingerprint density at radius 1 is 0.935 bits per heavy atom. The van der Waals surface area contributed by atoms with Crippen molar-refractivity contribution < 1.29 is 19.1 Å². The average molecular weight is 424 g/mol. The van der Waals surface area contributed by atoms with Crippen molar-refractivity contribution in [1.82, 2.24) is 16.0 Å². The number of rotatable bonds is 11. The average Bonchev–Trinajstić information content (AvgIpc) is 3.60. The standard InChI is InChI=1S/C24H29N3O4/c28-22(12-7-15-25-24(30)31-17-19-10-5-2-6-11-19)27-21(23(29)26-20-13-14-20)16-18-8-3-1-4-9-18/h1-6,8-11,20-21H,7,12-17H2,(H,25,30)(H,26,29)(H,27,28). The highest BCUT2D eigenvalue weighted by Crippen LogP contribution is 2.19. The largest absolute Gasteiger partial charge is 0.445 e. The molecule has 3 N–H and O–H groups in total. The summed E-state index contributed by atoms with van der Waals surface area (Å²) in [5.41, 5.74) is 1.90. The smallest absolute Gasteiger partial charge is 0.407 e. The Labute approximate surface area is 182 Å². The van der Waals surface area contributed by atoms with E-state index in [1.807, 2.05) is 60.7 Å². The normalized spacial score (nSPS) is 13.7. The Kier molecular flexibility index (Phi) is 8.46. The molecule has 164 valence electrons. The lowest BCUT2D eigenvalue weighted by Crippen LogP contribution is -2.48. The van der Waals surface area contributed by atoms with E-state index in [9.17, 15) is 14.4 Å². The number of amides is 3. The summed E-state index contributed by atoms with van der Waals surface area (Å²) >= 11 is 0. The Hall–Kier alpha value is -3.35. The van der Waals surface area contributed by atoms with Crippen LogP contribution in [-0.4, -0.2) is 36.5 Å². The molecule has 0 spiro atoms. The third-order valence-corrected chi connectivity index (χ3v) is 4.92. The van der Waals surface area contributed by atoms with Crippen LogP contribution < -0.4 is 16.0 Å². The SMILES string of the molecule is O=C(CCCNC(=O)OCc1ccccc1)NC(Cc1ccccc1)C(=O)NC1CC1. The Morgan fingerprint density at radius 2 is 1.58 bits per heavy atom. The van der Waals surface area contributed by atoms with Crippen molar-refractivity contribution in [2.75, 3.05) is 6.54 Å². The number of hydrogen-bond donors (Lipinski definition) is 3. The number of benzene rings is 2. The van der Waals surface area contributed by atoms with Crippen LogP contribution in [0.5, 0.6) is 0 Å². The van der Waals surface area contributed by atoms with Gasteiger partial charge in [0.05, 0.1) is 0 Å². The van der Waals surface area contributed by atoms with Crippen molar-refractivity contribution >= 4 is 17.9 Å². The monoisotopic (exact) mass is 423 g/mol. The number of ether oxygens (including phenoxy) is 1. The molecule has 0 bridgehead atoms. The summed E-state index contributed by atoms with van der Waals surface area (Å²) in [6, 6.07) is 18.7. The quantitative estimate of drug-likeness (QED) is 0.484. The molecule has 1 aliphatic rings. The van der Waals surface area contributed by atoms with E-state index < -0.39 is 12.1 Å². The molecule has 1 unspecified atom stereocenters. The van der Waals surface area contributed by atoms with Gasteiger partial charge < -0.3 is 20.7 Å². The van der Waals surface area contributed by atoms with Crippen LogP contribution >= 0.6 is 0 Å². The first-order valence-corrected chi connectivity index (χ1v) is 10.7. The molecule has 7 nitrogen and oxygen atoms in total. The van der Waals surface area contributed by atoms with Crippen molar-refractivity contribution in [3.63, 3.8) is 0 Å². The van der Waals surface area contributed by atoms with Crippen molar-refractivity contribution in [3.8, 4) is 0 Å². The minimum absolute atomic E-state index is 0.151. The molecule has 7 heteroatoms. The number of hydrogen-bond acceptors (Lipinski definition) is 4. The third kappa shape index (κ3) is 8.50. The third-order valence-electron chi connectivity index (χ3n) is 4.92. The first kappa shape index (κ1) is 22.3. The highest BCUT2D eigenvalue weighted by atomic mass is 16.5. The Balaban J connectivity index is 1.37. The van der Waals surface area contributed by atoms with Crippen LogP contribution in [0.3, 0.4) is 0 Å². The van der Waals surface area contributed by atoms with Gasteiger partial charge in [0, 0.05) is 25.4 Å². The van der Waals surface area contributed by atoms with E-state index in [-0.39, 0.29) is 30.9 Å². The minimum Gasteiger partial charge on any atom is -0.445 e. The molecule has 2 aromatic rings. The first-order valence-electron chi connectivity index (χ1n) is 10.7. The first-order chi connectivity index (χ1) is 15.1. The zero-order valence-corrected chi connectivity index (χ0v) is 17.5. The van der Waals surface area contributed by atoms with Crippen LogP contribution in [0.15, 0.2) is 60.7 Å². The van der Waals surface area contributed by atoms with Gasteiger partial charge >= 0.3 is 6.09 Å². The van der Waals surface area contributed by atoms with Crippen molar-refractivity contribution in [1.29, 1.82) is 0 Å². The fraction of sp³-hybridized carbons (Fsp3) is 0.375. The van der Waals surface area contributed by atoms with Gasteiger partial charge in [0.1, 0.15) is 12.6 Å². The van der Waals surface area contributed by atoms with Gasteiger partial charge in [-0.3, -0.25) is 9.59 Å². The van der Waals surface area contributed by atoms with Crippen molar-refractivity contribution in [2.45, 2.75) is 50.8 Å². The van der Waals surface area contributed by atoms with Gasteiger partial charge in [0.15, 0.2) is 0 Å². The lowest BCUT2D eigenvalue weighted by atomic mass is 10.0. The molecule has 0 heterocycles. The maximum Gasteiger partial charge on any atom is 0.407 e. The van der Waals surface area contributed by atoms with Crippen LogP contribution in [0.4, 0.5) is 4.79 Å². The summed E-state index contributed by atoms with van der Waals surface area (Å²) in [6.07, 6.45) is 2.56. The van der Waals surface area contributed by atoms with E-state index in [2.05, 4.69) is 16.0 Å². The molecule has 0 radical (unpaired) electrons. The topological polar surface area (TPSA) is 96.5 Å². The molecule has 2 aromatic carbocycles. The molecular formula is C24H29N3O4. The predicted octanol–water partition coefficient (Wildman–Crippen LogP) is 2.70.